The van der Waals surface area contributed by atoms with Gasteiger partial charge in [0.1, 0.15) is 10.8 Å². The second kappa shape index (κ2) is 5.62. The summed E-state index contributed by atoms with van der Waals surface area (Å²) in [6, 6.07) is 5.38. The van der Waals surface area contributed by atoms with Gasteiger partial charge in [-0.1, -0.05) is 24.3 Å². The molecule has 1 aromatic carbocycles. The van der Waals surface area contributed by atoms with Gasteiger partial charge < -0.3 is 10.1 Å². The number of nitrogens with zero attached hydrogens (tertiary/aromatic N) is 2. The summed E-state index contributed by atoms with van der Waals surface area (Å²) >= 11 is 1.27. The van der Waals surface area contributed by atoms with Gasteiger partial charge in [-0.15, -0.1) is 10.2 Å². The molecular formula is C15H16N4O3S. The van der Waals surface area contributed by atoms with Crippen LogP contribution < -0.4 is 15.4 Å². The lowest BCUT2D eigenvalue weighted by Gasteiger charge is -2.33. The van der Waals surface area contributed by atoms with Crippen molar-refractivity contribution in [2.75, 3.05) is 10.6 Å². The molecule has 120 valence electrons. The maximum atomic E-state index is 12.5. The zero-order chi connectivity index (χ0) is 16.6. The molecule has 0 saturated carbocycles. The highest BCUT2D eigenvalue weighted by Gasteiger charge is 2.47. The summed E-state index contributed by atoms with van der Waals surface area (Å²) in [5, 5.41) is 14.3. The van der Waals surface area contributed by atoms with E-state index in [1.807, 2.05) is 19.9 Å². The molecule has 23 heavy (non-hydrogen) atoms. The molecule has 2 N–H and O–H groups in total. The van der Waals surface area contributed by atoms with Crippen LogP contribution in [0.15, 0.2) is 18.2 Å². The van der Waals surface area contributed by atoms with E-state index >= 15 is 0 Å². The maximum absolute atomic E-state index is 12.5. The van der Waals surface area contributed by atoms with E-state index in [0.29, 0.717) is 16.6 Å². The molecule has 0 aliphatic carbocycles. The molecule has 0 spiro atoms. The van der Waals surface area contributed by atoms with Gasteiger partial charge in [-0.05, 0) is 38.0 Å². The largest absolute Gasteiger partial charge is 0.466 e. The van der Waals surface area contributed by atoms with Crippen LogP contribution in [0.5, 0.6) is 5.75 Å². The molecule has 2 heterocycles. The van der Waals surface area contributed by atoms with Crippen molar-refractivity contribution in [2.45, 2.75) is 32.8 Å². The van der Waals surface area contributed by atoms with E-state index < -0.39 is 17.4 Å². The van der Waals surface area contributed by atoms with Gasteiger partial charge in [0.05, 0.1) is 5.69 Å². The van der Waals surface area contributed by atoms with Crippen molar-refractivity contribution in [3.63, 3.8) is 0 Å². The van der Waals surface area contributed by atoms with Crippen LogP contribution in [0, 0.1) is 6.92 Å². The second-order valence-corrected chi connectivity index (χ2v) is 6.46. The van der Waals surface area contributed by atoms with Crippen LogP contribution in [0.2, 0.25) is 0 Å². The van der Waals surface area contributed by atoms with Crippen molar-refractivity contribution in [2.24, 2.45) is 0 Å². The summed E-state index contributed by atoms with van der Waals surface area (Å²) in [5.74, 6) is -0.646. The van der Waals surface area contributed by atoms with Gasteiger partial charge in [-0.3, -0.25) is 14.9 Å². The van der Waals surface area contributed by atoms with Gasteiger partial charge in [0.25, 0.3) is 17.4 Å². The van der Waals surface area contributed by atoms with Gasteiger partial charge in [0.15, 0.2) is 0 Å². The molecule has 0 fully saturated rings. The van der Waals surface area contributed by atoms with Crippen molar-refractivity contribution in [3.8, 4) is 5.75 Å². The van der Waals surface area contributed by atoms with Crippen molar-refractivity contribution in [3.05, 3.63) is 28.8 Å². The number of benzene rings is 1. The lowest BCUT2D eigenvalue weighted by molar-refractivity contribution is -0.143. The van der Waals surface area contributed by atoms with Gasteiger partial charge in [-0.2, -0.15) is 0 Å². The minimum absolute atomic E-state index is 0.346. The standard InChI is InChI=1S/C15H16N4O3S/c1-4-11-18-19-14(23-11)17-13(21)15(3)12(20)16-9-7-8(2)5-6-10(9)22-15/h5-7H,4H2,1-3H3,(H,16,20)(H,17,19,21). The summed E-state index contributed by atoms with van der Waals surface area (Å²) in [6.45, 7) is 5.29. The number of carbonyl (C=O) groups is 2. The third kappa shape index (κ3) is 2.77. The number of amides is 2. The molecule has 1 aliphatic rings. The zero-order valence-electron chi connectivity index (χ0n) is 13.0. The molecule has 1 aliphatic heterocycles. The third-order valence-electron chi connectivity index (χ3n) is 3.55. The predicted octanol–water partition coefficient (Wildman–Crippen LogP) is 2.14. The molecule has 2 aromatic rings. The number of hydrogen-bond acceptors (Lipinski definition) is 6. The molecule has 0 saturated heterocycles. The van der Waals surface area contributed by atoms with E-state index in [9.17, 15) is 9.59 Å². The fourth-order valence-electron chi connectivity index (χ4n) is 2.15. The molecular weight excluding hydrogens is 316 g/mol. The highest BCUT2D eigenvalue weighted by Crippen LogP contribution is 2.35. The number of carbonyl (C=O) groups excluding carboxylic acids is 2. The van der Waals surface area contributed by atoms with Gasteiger partial charge >= 0.3 is 0 Å². The Morgan fingerprint density at radius 1 is 1.43 bits per heavy atom. The number of fused-ring (bicyclic) bond motifs is 1. The summed E-state index contributed by atoms with van der Waals surface area (Å²) in [4.78, 5) is 24.9. The first-order chi connectivity index (χ1) is 10.9. The molecule has 0 bridgehead atoms. The van der Waals surface area contributed by atoms with Crippen LogP contribution in [0.1, 0.15) is 24.4 Å². The van der Waals surface area contributed by atoms with Gasteiger partial charge in [0.2, 0.25) is 5.13 Å². The Bertz CT molecular complexity index is 789. The Labute approximate surface area is 137 Å². The first-order valence-electron chi connectivity index (χ1n) is 7.17. The van der Waals surface area contributed by atoms with Crippen molar-refractivity contribution >= 4 is 34.0 Å². The third-order valence-corrected chi connectivity index (χ3v) is 4.54. The first-order valence-corrected chi connectivity index (χ1v) is 7.99. The number of aromatic nitrogens is 2. The number of aryl methyl sites for hydroxylation is 2. The first kappa shape index (κ1) is 15.4. The van der Waals surface area contributed by atoms with Crippen LogP contribution in [0.4, 0.5) is 10.8 Å². The Balaban J connectivity index is 1.84. The van der Waals surface area contributed by atoms with E-state index in [2.05, 4.69) is 20.8 Å². The zero-order valence-corrected chi connectivity index (χ0v) is 13.8. The van der Waals surface area contributed by atoms with Crippen molar-refractivity contribution < 1.29 is 14.3 Å². The molecule has 3 rings (SSSR count). The second-order valence-electron chi connectivity index (χ2n) is 5.40. The minimum Gasteiger partial charge on any atom is -0.466 e. The topological polar surface area (TPSA) is 93.2 Å². The number of nitrogens with one attached hydrogen (secondary N) is 2. The van der Waals surface area contributed by atoms with E-state index in [0.717, 1.165) is 17.0 Å². The van der Waals surface area contributed by atoms with Crippen LogP contribution in [0.25, 0.3) is 0 Å². The van der Waals surface area contributed by atoms with Crippen LogP contribution >= 0.6 is 11.3 Å². The molecule has 1 atom stereocenters. The van der Waals surface area contributed by atoms with Crippen molar-refractivity contribution in [1.82, 2.24) is 10.2 Å². The number of ether oxygens (including phenoxy) is 1. The Morgan fingerprint density at radius 2 is 2.22 bits per heavy atom. The Morgan fingerprint density at radius 3 is 2.91 bits per heavy atom. The Hall–Kier alpha value is -2.48. The van der Waals surface area contributed by atoms with Gasteiger partial charge in [-0.25, -0.2) is 0 Å². The lowest BCUT2D eigenvalue weighted by atomic mass is 10.0. The number of rotatable bonds is 3. The van der Waals surface area contributed by atoms with Crippen LogP contribution in [-0.4, -0.2) is 27.6 Å². The number of hydrogen-bond donors (Lipinski definition) is 2. The quantitative estimate of drug-likeness (QED) is 0.840. The SMILES string of the molecule is CCc1nnc(NC(=O)C2(C)Oc3ccc(C)cc3NC2=O)s1. The predicted molar refractivity (Wildman–Crippen MR) is 86.8 cm³/mol. The molecule has 1 unspecified atom stereocenters. The lowest BCUT2D eigenvalue weighted by Crippen LogP contribution is -2.56. The molecule has 0 radical (unpaired) electrons. The fraction of sp³-hybridized carbons (Fsp3) is 0.333. The Kier molecular flexibility index (Phi) is 3.77. The summed E-state index contributed by atoms with van der Waals surface area (Å²) < 4.78 is 5.69. The normalized spacial score (nSPS) is 19.5. The maximum Gasteiger partial charge on any atom is 0.280 e. The van der Waals surface area contributed by atoms with Crippen molar-refractivity contribution in [1.29, 1.82) is 0 Å². The average Bonchev–Trinajstić information content (AvgIpc) is 2.96. The summed E-state index contributed by atoms with van der Waals surface area (Å²) in [5.41, 5.74) is -0.119. The van der Waals surface area contributed by atoms with E-state index in [4.69, 9.17) is 4.74 Å². The molecule has 8 heteroatoms. The minimum atomic E-state index is -1.67. The smallest absolute Gasteiger partial charge is 0.280 e. The van der Waals surface area contributed by atoms with E-state index in [1.165, 1.54) is 18.3 Å². The average molecular weight is 332 g/mol. The van der Waals surface area contributed by atoms with E-state index in [-0.39, 0.29) is 0 Å². The van der Waals surface area contributed by atoms with Gasteiger partial charge in [0, 0.05) is 0 Å². The molecule has 2 amide bonds. The van der Waals surface area contributed by atoms with E-state index in [1.54, 1.807) is 12.1 Å². The number of anilines is 2. The highest BCUT2D eigenvalue weighted by molar-refractivity contribution is 7.15. The fourth-order valence-corrected chi connectivity index (χ4v) is 2.83. The molecule has 7 nitrogen and oxygen atoms in total. The summed E-state index contributed by atoms with van der Waals surface area (Å²) in [6.07, 6.45) is 0.731. The monoisotopic (exact) mass is 332 g/mol. The molecule has 1 aromatic heterocycles. The van der Waals surface area contributed by atoms with Crippen LogP contribution in [0.3, 0.4) is 0 Å². The highest BCUT2D eigenvalue weighted by atomic mass is 32.1. The summed E-state index contributed by atoms with van der Waals surface area (Å²) in [7, 11) is 0. The van der Waals surface area contributed by atoms with Crippen LogP contribution in [-0.2, 0) is 16.0 Å².